The van der Waals surface area contributed by atoms with E-state index in [2.05, 4.69) is 43.4 Å². The van der Waals surface area contributed by atoms with E-state index in [-0.39, 0.29) is 0 Å². The van der Waals surface area contributed by atoms with Crippen LogP contribution >= 0.6 is 12.6 Å². The zero-order valence-electron chi connectivity index (χ0n) is 9.74. The molecule has 0 bridgehead atoms. The third kappa shape index (κ3) is 3.79. The van der Waals surface area contributed by atoms with Gasteiger partial charge in [0.15, 0.2) is 0 Å². The Morgan fingerprint density at radius 2 is 2.21 bits per heavy atom. The van der Waals surface area contributed by atoms with Gasteiger partial charge in [0, 0.05) is 19.1 Å². The Labute approximate surface area is 94.1 Å². The quantitative estimate of drug-likeness (QED) is 0.713. The van der Waals surface area contributed by atoms with E-state index in [4.69, 9.17) is 0 Å². The molecule has 0 N–H and O–H groups in total. The summed E-state index contributed by atoms with van der Waals surface area (Å²) in [6.07, 6.45) is 2.71. The van der Waals surface area contributed by atoms with E-state index in [0.29, 0.717) is 0 Å². The van der Waals surface area contributed by atoms with Gasteiger partial charge in [0.1, 0.15) is 0 Å². The number of hydrogen-bond donors (Lipinski definition) is 1. The molecule has 0 saturated carbocycles. The second kappa shape index (κ2) is 5.99. The molecule has 1 aliphatic heterocycles. The molecule has 2 nitrogen and oxygen atoms in total. The van der Waals surface area contributed by atoms with Crippen LogP contribution in [-0.2, 0) is 0 Å². The topological polar surface area (TPSA) is 6.48 Å². The molecule has 1 aliphatic rings. The Kier molecular flexibility index (Phi) is 5.28. The number of rotatable bonds is 4. The van der Waals surface area contributed by atoms with Crippen molar-refractivity contribution in [1.82, 2.24) is 9.80 Å². The summed E-state index contributed by atoms with van der Waals surface area (Å²) < 4.78 is 0. The molecular weight excluding hydrogens is 192 g/mol. The van der Waals surface area contributed by atoms with E-state index in [0.717, 1.165) is 17.7 Å². The van der Waals surface area contributed by atoms with Gasteiger partial charge in [-0.3, -0.25) is 0 Å². The van der Waals surface area contributed by atoms with Crippen LogP contribution < -0.4 is 0 Å². The molecule has 2 unspecified atom stereocenters. The van der Waals surface area contributed by atoms with Crippen molar-refractivity contribution in [3.8, 4) is 0 Å². The van der Waals surface area contributed by atoms with Crippen LogP contribution in [0, 0.1) is 5.92 Å². The van der Waals surface area contributed by atoms with Gasteiger partial charge in [-0.1, -0.05) is 6.92 Å². The molecule has 1 rings (SSSR count). The summed E-state index contributed by atoms with van der Waals surface area (Å²) in [6.45, 7) is 6.02. The first-order valence-electron chi connectivity index (χ1n) is 5.63. The fourth-order valence-corrected chi connectivity index (χ4v) is 2.23. The zero-order chi connectivity index (χ0) is 10.6. The number of thiol groups is 1. The largest absolute Gasteiger partial charge is 0.305 e. The number of likely N-dealkylation sites (N-methyl/N-ethyl adjacent to an activating group) is 1. The van der Waals surface area contributed by atoms with Crippen LogP contribution in [0.15, 0.2) is 0 Å². The first kappa shape index (κ1) is 12.3. The molecule has 2 atom stereocenters. The predicted molar refractivity (Wildman–Crippen MR) is 66.2 cm³/mol. The third-order valence-corrected chi connectivity index (χ3v) is 3.72. The van der Waals surface area contributed by atoms with E-state index >= 15 is 0 Å². The second-order valence-electron chi connectivity index (χ2n) is 4.81. The molecule has 0 radical (unpaired) electrons. The molecule has 0 amide bonds. The zero-order valence-corrected chi connectivity index (χ0v) is 10.6. The lowest BCUT2D eigenvalue weighted by Crippen LogP contribution is -2.46. The molecule has 0 aromatic rings. The van der Waals surface area contributed by atoms with Gasteiger partial charge in [0.2, 0.25) is 0 Å². The van der Waals surface area contributed by atoms with Gasteiger partial charge < -0.3 is 9.80 Å². The van der Waals surface area contributed by atoms with Crippen molar-refractivity contribution in [3.05, 3.63) is 0 Å². The standard InChI is InChI=1S/C11H24N2S/c1-10(9-14)7-13-6-4-5-11(8-13)12(2)3/h10-11,14H,4-9H2,1-3H3. The Hall–Kier alpha value is 0.270. The maximum atomic E-state index is 4.34. The minimum atomic E-state index is 0.722. The maximum Gasteiger partial charge on any atom is 0.0217 e. The van der Waals surface area contributed by atoms with Gasteiger partial charge >= 0.3 is 0 Å². The third-order valence-electron chi connectivity index (χ3n) is 3.09. The average molecular weight is 216 g/mol. The monoisotopic (exact) mass is 216 g/mol. The van der Waals surface area contributed by atoms with E-state index in [1.54, 1.807) is 0 Å². The first-order chi connectivity index (χ1) is 6.63. The van der Waals surface area contributed by atoms with Crippen LogP contribution in [0.4, 0.5) is 0 Å². The van der Waals surface area contributed by atoms with Crippen molar-refractivity contribution < 1.29 is 0 Å². The normalized spacial score (nSPS) is 26.8. The Balaban J connectivity index is 2.32. The van der Waals surface area contributed by atoms with Gasteiger partial charge in [-0.2, -0.15) is 12.6 Å². The van der Waals surface area contributed by atoms with E-state index < -0.39 is 0 Å². The van der Waals surface area contributed by atoms with Crippen LogP contribution in [0.5, 0.6) is 0 Å². The highest BCUT2D eigenvalue weighted by Gasteiger charge is 2.21. The molecule has 0 aromatic carbocycles. The van der Waals surface area contributed by atoms with Gasteiger partial charge in [0.05, 0.1) is 0 Å². The van der Waals surface area contributed by atoms with Crippen molar-refractivity contribution >= 4 is 12.6 Å². The summed E-state index contributed by atoms with van der Waals surface area (Å²) in [6, 6.07) is 0.760. The first-order valence-corrected chi connectivity index (χ1v) is 6.26. The maximum absolute atomic E-state index is 4.34. The smallest absolute Gasteiger partial charge is 0.0217 e. The van der Waals surface area contributed by atoms with Crippen LogP contribution in [0.3, 0.4) is 0 Å². The van der Waals surface area contributed by atoms with Crippen molar-refractivity contribution in [3.63, 3.8) is 0 Å². The van der Waals surface area contributed by atoms with Crippen LogP contribution in [0.25, 0.3) is 0 Å². The number of hydrogen-bond acceptors (Lipinski definition) is 3. The molecule has 0 aromatic heterocycles. The highest BCUT2D eigenvalue weighted by molar-refractivity contribution is 7.80. The Morgan fingerprint density at radius 3 is 2.79 bits per heavy atom. The van der Waals surface area contributed by atoms with Crippen molar-refractivity contribution in [2.45, 2.75) is 25.8 Å². The minimum absolute atomic E-state index is 0.722. The lowest BCUT2D eigenvalue weighted by molar-refractivity contribution is 0.123. The number of nitrogens with zero attached hydrogens (tertiary/aromatic N) is 2. The predicted octanol–water partition coefficient (Wildman–Crippen LogP) is 1.58. The lowest BCUT2D eigenvalue weighted by Gasteiger charge is -2.37. The molecule has 14 heavy (non-hydrogen) atoms. The molecular formula is C11H24N2S. The highest BCUT2D eigenvalue weighted by atomic mass is 32.1. The lowest BCUT2D eigenvalue weighted by atomic mass is 10.0. The van der Waals surface area contributed by atoms with Crippen molar-refractivity contribution in [2.75, 3.05) is 39.5 Å². The fraction of sp³-hybridized carbons (Fsp3) is 1.00. The van der Waals surface area contributed by atoms with Gasteiger partial charge in [0.25, 0.3) is 0 Å². The van der Waals surface area contributed by atoms with Gasteiger partial charge in [-0.05, 0) is 45.2 Å². The van der Waals surface area contributed by atoms with Crippen LogP contribution in [-0.4, -0.2) is 55.3 Å². The summed E-state index contributed by atoms with van der Waals surface area (Å²) in [4.78, 5) is 4.95. The minimum Gasteiger partial charge on any atom is -0.305 e. The molecule has 0 spiro atoms. The second-order valence-corrected chi connectivity index (χ2v) is 5.17. The van der Waals surface area contributed by atoms with Gasteiger partial charge in [-0.25, -0.2) is 0 Å². The SMILES string of the molecule is CC(CS)CN1CCCC(N(C)C)C1. The Bertz CT molecular complexity index is 161. The molecule has 84 valence electrons. The van der Waals surface area contributed by atoms with E-state index in [1.165, 1.54) is 32.5 Å². The van der Waals surface area contributed by atoms with Gasteiger partial charge in [-0.15, -0.1) is 0 Å². The number of piperidine rings is 1. The summed E-state index contributed by atoms with van der Waals surface area (Å²) in [5.41, 5.74) is 0. The Morgan fingerprint density at radius 1 is 1.50 bits per heavy atom. The molecule has 1 saturated heterocycles. The summed E-state index contributed by atoms with van der Waals surface area (Å²) >= 11 is 4.34. The van der Waals surface area contributed by atoms with Crippen LogP contribution in [0.1, 0.15) is 19.8 Å². The molecule has 1 heterocycles. The van der Waals surface area contributed by atoms with Crippen molar-refractivity contribution in [1.29, 1.82) is 0 Å². The molecule has 0 aliphatic carbocycles. The summed E-state index contributed by atoms with van der Waals surface area (Å²) in [5.74, 6) is 1.72. The van der Waals surface area contributed by atoms with Crippen LogP contribution in [0.2, 0.25) is 0 Å². The highest BCUT2D eigenvalue weighted by Crippen LogP contribution is 2.15. The average Bonchev–Trinajstić information content (AvgIpc) is 2.18. The number of likely N-dealkylation sites (tertiary alicyclic amines) is 1. The molecule has 1 fully saturated rings. The summed E-state index contributed by atoms with van der Waals surface area (Å²) in [7, 11) is 4.38. The molecule has 3 heteroatoms. The van der Waals surface area contributed by atoms with E-state index in [9.17, 15) is 0 Å². The van der Waals surface area contributed by atoms with Crippen molar-refractivity contribution in [2.24, 2.45) is 5.92 Å². The summed E-state index contributed by atoms with van der Waals surface area (Å²) in [5, 5.41) is 0. The van der Waals surface area contributed by atoms with E-state index in [1.807, 2.05) is 0 Å². The fourth-order valence-electron chi connectivity index (χ4n) is 2.12.